The largest absolute Gasteiger partial charge is 0.472 e. The minimum atomic E-state index is -4.96. The second-order valence-electron chi connectivity index (χ2n) is 27.6. The lowest BCUT2D eigenvalue weighted by Gasteiger charge is -2.21. The number of esters is 4. The molecule has 0 amide bonds. The van der Waals surface area contributed by atoms with E-state index >= 15 is 0 Å². The standard InChI is InChI=1S/C74H144O17P2/c1-8-11-12-13-14-15-16-17-18-19-20-21-29-34-43-50-57-73(78)90-69(61-84-71(76)55-48-41-33-28-24-22-26-31-39-46-53-66(6)9-2)63-88-92(80,81)86-59-68(75)60-87-93(82,83)89-64-70(62-85-72(77)56-49-42-37-36-38-45-52-65(4)5)91-74(79)58-51-44-35-30-25-23-27-32-40-47-54-67(7)10-3/h65-70,75H,8-64H2,1-7H3,(H,80,81)(H,82,83)/t66?,67?,68-,69-,70-/m1/s1. The number of hydrogen-bond donors (Lipinski definition) is 3. The van der Waals surface area contributed by atoms with E-state index in [0.29, 0.717) is 31.6 Å². The summed E-state index contributed by atoms with van der Waals surface area (Å²) in [5, 5.41) is 10.6. The fourth-order valence-corrected chi connectivity index (χ4v) is 12.8. The molecule has 0 radical (unpaired) electrons. The number of rotatable bonds is 72. The van der Waals surface area contributed by atoms with Crippen molar-refractivity contribution in [2.24, 2.45) is 17.8 Å². The molecule has 552 valence electrons. The summed E-state index contributed by atoms with van der Waals surface area (Å²) in [5.74, 6) is 0.170. The van der Waals surface area contributed by atoms with Gasteiger partial charge in [0.1, 0.15) is 19.3 Å². The van der Waals surface area contributed by atoms with E-state index < -0.39 is 97.5 Å². The van der Waals surface area contributed by atoms with Crippen LogP contribution in [0.1, 0.15) is 376 Å². The number of phosphoric ester groups is 2. The van der Waals surface area contributed by atoms with Gasteiger partial charge in [-0.15, -0.1) is 0 Å². The van der Waals surface area contributed by atoms with Crippen molar-refractivity contribution in [3.63, 3.8) is 0 Å². The van der Waals surface area contributed by atoms with E-state index in [1.54, 1.807) is 0 Å². The van der Waals surface area contributed by atoms with Gasteiger partial charge in [-0.05, 0) is 43.4 Å². The normalized spacial score (nSPS) is 14.7. The van der Waals surface area contributed by atoms with Crippen LogP contribution >= 0.6 is 15.6 Å². The molecule has 3 N–H and O–H groups in total. The fourth-order valence-electron chi connectivity index (χ4n) is 11.2. The van der Waals surface area contributed by atoms with Gasteiger partial charge in [0.15, 0.2) is 12.2 Å². The van der Waals surface area contributed by atoms with Crippen LogP contribution in [0, 0.1) is 17.8 Å². The van der Waals surface area contributed by atoms with Crippen LogP contribution < -0.4 is 0 Å². The zero-order chi connectivity index (χ0) is 68.7. The number of aliphatic hydroxyl groups excluding tert-OH is 1. The van der Waals surface area contributed by atoms with Gasteiger partial charge in [-0.3, -0.25) is 37.3 Å². The molecule has 0 aromatic heterocycles. The lowest BCUT2D eigenvalue weighted by Crippen LogP contribution is -2.30. The van der Waals surface area contributed by atoms with Crippen LogP contribution in [-0.2, 0) is 65.4 Å². The van der Waals surface area contributed by atoms with Crippen molar-refractivity contribution in [3.8, 4) is 0 Å². The number of carbonyl (C=O) groups is 4. The molecule has 17 nitrogen and oxygen atoms in total. The highest BCUT2D eigenvalue weighted by Gasteiger charge is 2.30. The SMILES string of the molecule is CCCCCCCCCCCCCCCCCCC(=O)O[C@H](COC(=O)CCCCCCCCCCCCC(C)CC)COP(=O)(O)OC[C@@H](O)COP(=O)(O)OC[C@@H](COC(=O)CCCCCCCCC(C)C)OC(=O)CCCCCCCCCCCCC(C)CC. The first-order chi connectivity index (χ1) is 44.8. The molecule has 0 spiro atoms. The number of carbonyl (C=O) groups excluding carboxylic acids is 4. The zero-order valence-electron chi connectivity index (χ0n) is 60.7. The Balaban J connectivity index is 5.25. The third kappa shape index (κ3) is 65.8. The van der Waals surface area contributed by atoms with Crippen molar-refractivity contribution < 1.29 is 80.2 Å². The summed E-state index contributed by atoms with van der Waals surface area (Å²) < 4.78 is 68.4. The molecule has 0 bridgehead atoms. The Hall–Kier alpha value is -1.94. The maximum atomic E-state index is 13.1. The molecule has 0 aliphatic heterocycles. The summed E-state index contributed by atoms with van der Waals surface area (Å²) in [6.45, 7) is 11.9. The highest BCUT2D eigenvalue weighted by Crippen LogP contribution is 2.45. The lowest BCUT2D eigenvalue weighted by atomic mass is 9.99. The second kappa shape index (κ2) is 64.7. The van der Waals surface area contributed by atoms with Crippen molar-refractivity contribution in [1.29, 1.82) is 0 Å². The molecule has 0 rings (SSSR count). The topological polar surface area (TPSA) is 237 Å². The Morgan fingerprint density at radius 1 is 0.312 bits per heavy atom. The molecule has 19 heteroatoms. The molecule has 0 aliphatic carbocycles. The Morgan fingerprint density at radius 2 is 0.548 bits per heavy atom. The molecular weight excluding hydrogens is 1220 g/mol. The van der Waals surface area contributed by atoms with E-state index in [1.165, 1.54) is 180 Å². The van der Waals surface area contributed by atoms with Crippen LogP contribution in [0.4, 0.5) is 0 Å². The first kappa shape index (κ1) is 91.1. The van der Waals surface area contributed by atoms with Crippen molar-refractivity contribution in [1.82, 2.24) is 0 Å². The molecule has 4 unspecified atom stereocenters. The molecule has 0 saturated heterocycles. The quantitative estimate of drug-likeness (QED) is 0.0222. The first-order valence-electron chi connectivity index (χ1n) is 38.4. The Morgan fingerprint density at radius 3 is 0.817 bits per heavy atom. The molecule has 7 atom stereocenters. The van der Waals surface area contributed by atoms with E-state index in [-0.39, 0.29) is 25.7 Å². The molecule has 0 saturated carbocycles. The fraction of sp³-hybridized carbons (Fsp3) is 0.946. The van der Waals surface area contributed by atoms with Crippen LogP contribution in [0.25, 0.3) is 0 Å². The molecule has 0 fully saturated rings. The summed E-state index contributed by atoms with van der Waals surface area (Å²) in [7, 11) is -9.91. The predicted molar refractivity (Wildman–Crippen MR) is 377 cm³/mol. The van der Waals surface area contributed by atoms with Crippen molar-refractivity contribution >= 4 is 39.5 Å². The van der Waals surface area contributed by atoms with Gasteiger partial charge < -0.3 is 33.8 Å². The summed E-state index contributed by atoms with van der Waals surface area (Å²) in [6.07, 6.45) is 49.9. The first-order valence-corrected chi connectivity index (χ1v) is 41.4. The van der Waals surface area contributed by atoms with Gasteiger partial charge in [-0.1, -0.05) is 325 Å². The number of ether oxygens (including phenoxy) is 4. The lowest BCUT2D eigenvalue weighted by molar-refractivity contribution is -0.161. The maximum absolute atomic E-state index is 13.1. The Bertz CT molecular complexity index is 1820. The molecule has 0 aliphatic rings. The average molecular weight is 1370 g/mol. The molecule has 0 aromatic rings. The van der Waals surface area contributed by atoms with Gasteiger partial charge in [0.25, 0.3) is 0 Å². The zero-order valence-corrected chi connectivity index (χ0v) is 62.5. The van der Waals surface area contributed by atoms with E-state index in [9.17, 15) is 43.2 Å². The van der Waals surface area contributed by atoms with Crippen LogP contribution in [0.2, 0.25) is 0 Å². The molecule has 93 heavy (non-hydrogen) atoms. The molecular formula is C74H144O17P2. The van der Waals surface area contributed by atoms with Gasteiger partial charge in [0.2, 0.25) is 0 Å². The van der Waals surface area contributed by atoms with E-state index in [0.717, 1.165) is 108 Å². The summed E-state index contributed by atoms with van der Waals surface area (Å²) in [6, 6.07) is 0. The summed E-state index contributed by atoms with van der Waals surface area (Å²) in [5.41, 5.74) is 0. The average Bonchev–Trinajstić information content (AvgIpc) is 1.77. The van der Waals surface area contributed by atoms with E-state index in [4.69, 9.17) is 37.0 Å². The number of phosphoric acid groups is 2. The maximum Gasteiger partial charge on any atom is 0.472 e. The molecule has 0 heterocycles. The van der Waals surface area contributed by atoms with Gasteiger partial charge in [0, 0.05) is 25.7 Å². The predicted octanol–water partition coefficient (Wildman–Crippen LogP) is 21.4. The number of aliphatic hydroxyl groups is 1. The minimum absolute atomic E-state index is 0.105. The number of unbranched alkanes of at least 4 members (excludes halogenated alkanes) is 38. The second-order valence-corrected chi connectivity index (χ2v) is 30.6. The van der Waals surface area contributed by atoms with Gasteiger partial charge in [-0.25, -0.2) is 9.13 Å². The summed E-state index contributed by atoms with van der Waals surface area (Å²) in [4.78, 5) is 72.7. The number of hydrogen-bond acceptors (Lipinski definition) is 15. The van der Waals surface area contributed by atoms with Crippen LogP contribution in [0.5, 0.6) is 0 Å². The Labute approximate surface area is 568 Å². The van der Waals surface area contributed by atoms with Crippen LogP contribution in [0.3, 0.4) is 0 Å². The molecule has 0 aromatic carbocycles. The van der Waals surface area contributed by atoms with Gasteiger partial charge in [0.05, 0.1) is 26.4 Å². The van der Waals surface area contributed by atoms with Crippen molar-refractivity contribution in [2.75, 3.05) is 39.6 Å². The van der Waals surface area contributed by atoms with E-state index in [1.807, 2.05) is 0 Å². The summed E-state index contributed by atoms with van der Waals surface area (Å²) >= 11 is 0. The minimum Gasteiger partial charge on any atom is -0.462 e. The highest BCUT2D eigenvalue weighted by molar-refractivity contribution is 7.47. The van der Waals surface area contributed by atoms with E-state index in [2.05, 4.69) is 48.5 Å². The van der Waals surface area contributed by atoms with Crippen molar-refractivity contribution in [3.05, 3.63) is 0 Å². The smallest absolute Gasteiger partial charge is 0.462 e. The van der Waals surface area contributed by atoms with Gasteiger partial charge in [-0.2, -0.15) is 0 Å². The van der Waals surface area contributed by atoms with Crippen LogP contribution in [-0.4, -0.2) is 96.7 Å². The third-order valence-electron chi connectivity index (χ3n) is 17.9. The highest BCUT2D eigenvalue weighted by atomic mass is 31.2. The van der Waals surface area contributed by atoms with Crippen LogP contribution in [0.15, 0.2) is 0 Å². The Kier molecular flexibility index (Phi) is 63.4. The third-order valence-corrected chi connectivity index (χ3v) is 19.8. The van der Waals surface area contributed by atoms with Crippen molar-refractivity contribution in [2.45, 2.75) is 394 Å². The van der Waals surface area contributed by atoms with Gasteiger partial charge >= 0.3 is 39.5 Å². The monoisotopic (exact) mass is 1370 g/mol.